The number of aryl methyl sites for hydroxylation is 1. The second kappa shape index (κ2) is 7.08. The number of methoxy groups -OCH3 is 1. The van der Waals surface area contributed by atoms with Crippen molar-refractivity contribution in [2.75, 3.05) is 17.7 Å². The number of ether oxygens (including phenoxy) is 1. The number of nitrogens with zero attached hydrogens (tertiary/aromatic N) is 3. The van der Waals surface area contributed by atoms with Crippen molar-refractivity contribution >= 4 is 23.1 Å². The van der Waals surface area contributed by atoms with E-state index < -0.39 is 11.6 Å². The molecule has 0 aliphatic rings. The minimum absolute atomic E-state index is 0.0411. The molecule has 0 bridgehead atoms. The molecule has 0 saturated heterocycles. The Morgan fingerprint density at radius 3 is 2.52 bits per heavy atom. The molecule has 0 radical (unpaired) electrons. The normalized spacial score (nSPS) is 10.4. The van der Waals surface area contributed by atoms with Crippen molar-refractivity contribution in [3.8, 4) is 5.75 Å². The Labute approximate surface area is 142 Å². The standard InChI is InChI=1S/C17H15F2N5O/c1-10-6-7-14(25-2)13(8-10)21-15-9-20-24-17(22-15)23-16-11(18)4-3-5-12(16)19/h3-9H,1-2H3,(H2,21,22,23,24). The van der Waals surface area contributed by atoms with Gasteiger partial charge in [-0.15, -0.1) is 5.10 Å². The van der Waals surface area contributed by atoms with Crippen LogP contribution in [-0.2, 0) is 0 Å². The van der Waals surface area contributed by atoms with Crippen LogP contribution in [-0.4, -0.2) is 22.3 Å². The van der Waals surface area contributed by atoms with Crippen molar-refractivity contribution in [1.29, 1.82) is 0 Å². The van der Waals surface area contributed by atoms with Crippen LogP contribution in [0.25, 0.3) is 0 Å². The first-order chi connectivity index (χ1) is 12.1. The lowest BCUT2D eigenvalue weighted by atomic mass is 10.2. The maximum atomic E-state index is 13.7. The van der Waals surface area contributed by atoms with Gasteiger partial charge in [0.15, 0.2) is 5.82 Å². The topological polar surface area (TPSA) is 72.0 Å². The van der Waals surface area contributed by atoms with Crippen LogP contribution in [0.4, 0.5) is 31.9 Å². The van der Waals surface area contributed by atoms with Crippen LogP contribution in [0.5, 0.6) is 5.75 Å². The Balaban J connectivity index is 1.86. The lowest BCUT2D eigenvalue weighted by Gasteiger charge is -2.12. The van der Waals surface area contributed by atoms with Crippen LogP contribution in [0, 0.1) is 18.6 Å². The van der Waals surface area contributed by atoms with E-state index in [2.05, 4.69) is 25.8 Å². The molecule has 1 heterocycles. The fourth-order valence-electron chi connectivity index (χ4n) is 2.20. The van der Waals surface area contributed by atoms with Gasteiger partial charge in [-0.25, -0.2) is 8.78 Å². The predicted molar refractivity (Wildman–Crippen MR) is 90.5 cm³/mol. The molecule has 0 aliphatic carbocycles. The molecule has 2 N–H and O–H groups in total. The molecule has 1 aromatic heterocycles. The molecule has 0 atom stereocenters. The van der Waals surface area contributed by atoms with E-state index in [-0.39, 0.29) is 11.6 Å². The number of hydrogen-bond acceptors (Lipinski definition) is 6. The van der Waals surface area contributed by atoms with Gasteiger partial charge in [-0.3, -0.25) is 0 Å². The number of rotatable bonds is 5. The molecule has 0 unspecified atom stereocenters. The van der Waals surface area contributed by atoms with Crippen LogP contribution in [0.2, 0.25) is 0 Å². The van der Waals surface area contributed by atoms with E-state index in [1.165, 1.54) is 12.3 Å². The van der Waals surface area contributed by atoms with E-state index >= 15 is 0 Å². The van der Waals surface area contributed by atoms with Crippen LogP contribution in [0.3, 0.4) is 0 Å². The highest BCUT2D eigenvalue weighted by Crippen LogP contribution is 2.28. The zero-order valence-corrected chi connectivity index (χ0v) is 13.5. The fraction of sp³-hybridized carbons (Fsp3) is 0.118. The smallest absolute Gasteiger partial charge is 0.249 e. The summed E-state index contributed by atoms with van der Waals surface area (Å²) in [5.74, 6) is -0.567. The number of aromatic nitrogens is 3. The van der Waals surface area contributed by atoms with E-state index in [1.807, 2.05) is 25.1 Å². The highest BCUT2D eigenvalue weighted by molar-refractivity contribution is 5.65. The molecule has 2 aromatic carbocycles. The molecular weight excluding hydrogens is 328 g/mol. The van der Waals surface area contributed by atoms with Crippen LogP contribution >= 0.6 is 0 Å². The van der Waals surface area contributed by atoms with E-state index in [1.54, 1.807) is 7.11 Å². The first kappa shape index (κ1) is 16.6. The van der Waals surface area contributed by atoms with Gasteiger partial charge < -0.3 is 15.4 Å². The van der Waals surface area contributed by atoms with E-state index in [4.69, 9.17) is 4.74 Å². The number of anilines is 4. The maximum Gasteiger partial charge on any atom is 0.249 e. The van der Waals surface area contributed by atoms with Crippen molar-refractivity contribution < 1.29 is 13.5 Å². The monoisotopic (exact) mass is 343 g/mol. The van der Waals surface area contributed by atoms with E-state index in [0.29, 0.717) is 17.3 Å². The zero-order valence-electron chi connectivity index (χ0n) is 13.5. The summed E-state index contributed by atoms with van der Waals surface area (Å²) in [6.07, 6.45) is 1.39. The van der Waals surface area contributed by atoms with E-state index in [0.717, 1.165) is 17.7 Å². The zero-order chi connectivity index (χ0) is 17.8. The van der Waals surface area contributed by atoms with Crippen molar-refractivity contribution in [3.63, 3.8) is 0 Å². The summed E-state index contributed by atoms with van der Waals surface area (Å²) in [6.45, 7) is 1.94. The quantitative estimate of drug-likeness (QED) is 0.731. The maximum absolute atomic E-state index is 13.7. The summed E-state index contributed by atoms with van der Waals surface area (Å²) in [6, 6.07) is 9.16. The number of benzene rings is 2. The Hall–Kier alpha value is -3.29. The van der Waals surface area contributed by atoms with Gasteiger partial charge in [0.25, 0.3) is 0 Å². The molecule has 0 saturated carbocycles. The van der Waals surface area contributed by atoms with Crippen molar-refractivity contribution in [2.24, 2.45) is 0 Å². The van der Waals surface area contributed by atoms with Gasteiger partial charge in [0.1, 0.15) is 23.1 Å². The summed E-state index contributed by atoms with van der Waals surface area (Å²) in [7, 11) is 1.56. The lowest BCUT2D eigenvalue weighted by molar-refractivity contribution is 0.416. The highest BCUT2D eigenvalue weighted by Gasteiger charge is 2.11. The second-order valence-corrected chi connectivity index (χ2v) is 5.22. The number of hydrogen-bond donors (Lipinski definition) is 2. The summed E-state index contributed by atoms with van der Waals surface area (Å²) < 4.78 is 32.7. The summed E-state index contributed by atoms with van der Waals surface area (Å²) >= 11 is 0. The second-order valence-electron chi connectivity index (χ2n) is 5.22. The van der Waals surface area contributed by atoms with Gasteiger partial charge in [-0.1, -0.05) is 12.1 Å². The van der Waals surface area contributed by atoms with Gasteiger partial charge in [-0.2, -0.15) is 10.1 Å². The predicted octanol–water partition coefficient (Wildman–Crippen LogP) is 3.95. The van der Waals surface area contributed by atoms with Crippen LogP contribution in [0.15, 0.2) is 42.6 Å². The third-order valence-corrected chi connectivity index (χ3v) is 3.38. The molecule has 0 spiro atoms. The Bertz CT molecular complexity index is 884. The molecular formula is C17H15F2N5O. The van der Waals surface area contributed by atoms with Gasteiger partial charge >= 0.3 is 0 Å². The SMILES string of the molecule is COc1ccc(C)cc1Nc1cnnc(Nc2c(F)cccc2F)n1. The number of para-hydroxylation sites is 1. The summed E-state index contributed by atoms with van der Waals surface area (Å²) in [4.78, 5) is 4.17. The molecule has 0 fully saturated rings. The van der Waals surface area contributed by atoms with E-state index in [9.17, 15) is 8.78 Å². The first-order valence-corrected chi connectivity index (χ1v) is 7.39. The molecule has 25 heavy (non-hydrogen) atoms. The van der Waals surface area contributed by atoms with Gasteiger partial charge in [0, 0.05) is 0 Å². The molecule has 0 amide bonds. The summed E-state index contributed by atoms with van der Waals surface area (Å²) in [5.41, 5.74) is 1.37. The van der Waals surface area contributed by atoms with Crippen LogP contribution < -0.4 is 15.4 Å². The Kier molecular flexibility index (Phi) is 4.69. The van der Waals surface area contributed by atoms with Gasteiger partial charge in [-0.05, 0) is 36.8 Å². The first-order valence-electron chi connectivity index (χ1n) is 7.39. The third kappa shape index (κ3) is 3.79. The van der Waals surface area contributed by atoms with Crippen molar-refractivity contribution in [1.82, 2.24) is 15.2 Å². The number of nitrogens with one attached hydrogen (secondary N) is 2. The fourth-order valence-corrected chi connectivity index (χ4v) is 2.20. The average Bonchev–Trinajstić information content (AvgIpc) is 2.59. The summed E-state index contributed by atoms with van der Waals surface area (Å²) in [5, 5.41) is 13.1. The molecule has 128 valence electrons. The molecule has 6 nitrogen and oxygen atoms in total. The van der Waals surface area contributed by atoms with Crippen molar-refractivity contribution in [3.05, 3.63) is 59.8 Å². The van der Waals surface area contributed by atoms with Crippen LogP contribution in [0.1, 0.15) is 5.56 Å². The Morgan fingerprint density at radius 1 is 1.04 bits per heavy atom. The minimum Gasteiger partial charge on any atom is -0.495 e. The van der Waals surface area contributed by atoms with Crippen molar-refractivity contribution in [2.45, 2.75) is 6.92 Å². The van der Waals surface area contributed by atoms with Gasteiger partial charge in [0.05, 0.1) is 19.0 Å². The lowest BCUT2D eigenvalue weighted by Crippen LogP contribution is -2.05. The third-order valence-electron chi connectivity index (χ3n) is 3.38. The largest absolute Gasteiger partial charge is 0.495 e. The Morgan fingerprint density at radius 2 is 1.80 bits per heavy atom. The minimum atomic E-state index is -0.748. The molecule has 3 aromatic rings. The molecule has 0 aliphatic heterocycles. The average molecular weight is 343 g/mol. The molecule has 8 heteroatoms. The highest BCUT2D eigenvalue weighted by atomic mass is 19.1. The van der Waals surface area contributed by atoms with Gasteiger partial charge in [0.2, 0.25) is 5.95 Å². The number of halogens is 2. The molecule has 3 rings (SSSR count).